The zero-order valence-electron chi connectivity index (χ0n) is 11.0. The van der Waals surface area contributed by atoms with Gasteiger partial charge in [-0.25, -0.2) is 4.79 Å². The molecule has 0 saturated heterocycles. The number of thiocarbonyl (C=S) groups is 1. The first kappa shape index (κ1) is 17.4. The Kier molecular flexibility index (Phi) is 9.08. The molecule has 0 atom stereocenters. The van der Waals surface area contributed by atoms with Crippen LogP contribution >= 0.6 is 12.2 Å². The van der Waals surface area contributed by atoms with Gasteiger partial charge in [-0.2, -0.15) is 0 Å². The van der Waals surface area contributed by atoms with Crippen molar-refractivity contribution in [3.8, 4) is 0 Å². The van der Waals surface area contributed by atoms with Crippen molar-refractivity contribution in [2.75, 3.05) is 21.3 Å². The van der Waals surface area contributed by atoms with E-state index >= 15 is 0 Å². The van der Waals surface area contributed by atoms with E-state index in [0.29, 0.717) is 6.42 Å². The van der Waals surface area contributed by atoms with Crippen LogP contribution in [0.15, 0.2) is 5.57 Å². The minimum atomic E-state index is -2.48. The Morgan fingerprint density at radius 3 is 2.11 bits per heavy atom. The molecule has 0 aromatic carbocycles. The molecule has 0 aromatic rings. The summed E-state index contributed by atoms with van der Waals surface area (Å²) in [5.41, 5.74) is 0.165. The smallest absolute Gasteiger partial charge is 0.477 e. The molecular formula is C11H20O5SSi. The largest absolute Gasteiger partial charge is 0.500 e. The van der Waals surface area contributed by atoms with E-state index in [1.54, 1.807) is 21.3 Å². The molecular weight excluding hydrogens is 272 g/mol. The predicted octanol–water partition coefficient (Wildman–Crippen LogP) is 2.03. The molecule has 0 saturated carbocycles. The highest BCUT2D eigenvalue weighted by atomic mass is 32.1. The highest BCUT2D eigenvalue weighted by Gasteiger charge is 2.36. The second-order valence-corrected chi connectivity index (χ2v) is 7.04. The van der Waals surface area contributed by atoms with Crippen LogP contribution in [0.25, 0.3) is 0 Å². The zero-order valence-corrected chi connectivity index (χ0v) is 12.8. The maximum Gasteiger partial charge on any atom is 0.500 e. The van der Waals surface area contributed by atoms with E-state index in [-0.39, 0.29) is 5.57 Å². The molecule has 0 fully saturated rings. The normalized spacial score (nSPS) is 11.1. The minimum absolute atomic E-state index is 0.165. The average molecular weight is 292 g/mol. The summed E-state index contributed by atoms with van der Waals surface area (Å²) in [6, 6.07) is 0.722. The van der Waals surface area contributed by atoms with E-state index in [1.165, 1.54) is 0 Å². The van der Waals surface area contributed by atoms with Crippen LogP contribution in [0.5, 0.6) is 0 Å². The van der Waals surface area contributed by atoms with Crippen molar-refractivity contribution in [3.63, 3.8) is 0 Å². The van der Waals surface area contributed by atoms with Crippen LogP contribution in [0.1, 0.15) is 25.7 Å². The van der Waals surface area contributed by atoms with Crippen LogP contribution in [-0.2, 0) is 18.1 Å². The summed E-state index contributed by atoms with van der Waals surface area (Å²) in [7, 11) is 2.26. The Bertz CT molecular complexity index is 302. The maximum atomic E-state index is 10.7. The van der Waals surface area contributed by atoms with Crippen molar-refractivity contribution in [1.29, 1.82) is 0 Å². The predicted molar refractivity (Wildman–Crippen MR) is 73.8 cm³/mol. The summed E-state index contributed by atoms with van der Waals surface area (Å²) in [5.74, 6) is -0.987. The molecule has 0 amide bonds. The van der Waals surface area contributed by atoms with E-state index in [0.717, 1.165) is 25.3 Å². The molecule has 0 radical (unpaired) electrons. The van der Waals surface area contributed by atoms with Crippen molar-refractivity contribution in [3.05, 3.63) is 5.57 Å². The lowest BCUT2D eigenvalue weighted by molar-refractivity contribution is -0.132. The Balaban J connectivity index is 3.93. The van der Waals surface area contributed by atoms with Gasteiger partial charge in [-0.3, -0.25) is 0 Å². The molecule has 0 rings (SSSR count). The van der Waals surface area contributed by atoms with Crippen molar-refractivity contribution in [2.24, 2.45) is 0 Å². The SMILES string of the molecule is CO[Si](CCCCCC(=C=S)C(=O)O)(OC)OC. The molecule has 5 nitrogen and oxygen atoms in total. The zero-order chi connectivity index (χ0) is 14.0. The summed E-state index contributed by atoms with van der Waals surface area (Å²) in [6.07, 6.45) is 2.94. The van der Waals surface area contributed by atoms with E-state index in [1.807, 2.05) is 0 Å². The topological polar surface area (TPSA) is 65.0 Å². The number of carbonyl (C=O) groups is 1. The molecule has 1 N–H and O–H groups in total. The fourth-order valence-electron chi connectivity index (χ4n) is 1.58. The summed E-state index contributed by atoms with van der Waals surface area (Å²) < 4.78 is 15.9. The Morgan fingerprint density at radius 2 is 1.72 bits per heavy atom. The standard InChI is InChI=1S/C11H20O5SSi/c1-14-18(15-2,16-3)8-6-4-5-7-10(9-17)11(12)13/h4-8H2,1-3H3,(H,12,13). The molecule has 0 bridgehead atoms. The Labute approximate surface area is 114 Å². The molecule has 7 heteroatoms. The van der Waals surface area contributed by atoms with Gasteiger partial charge in [0.2, 0.25) is 0 Å². The van der Waals surface area contributed by atoms with Gasteiger partial charge in [-0.1, -0.05) is 6.42 Å². The van der Waals surface area contributed by atoms with Crippen LogP contribution < -0.4 is 0 Å². The van der Waals surface area contributed by atoms with Crippen LogP contribution in [0, 0.1) is 0 Å². The number of unbranched alkanes of at least 4 members (excludes halogenated alkanes) is 2. The number of aliphatic carboxylic acids is 1. The van der Waals surface area contributed by atoms with Gasteiger partial charge in [0.05, 0.1) is 5.57 Å². The average Bonchev–Trinajstić information content (AvgIpc) is 2.38. The number of hydrogen-bond acceptors (Lipinski definition) is 5. The molecule has 0 aliphatic rings. The summed E-state index contributed by atoms with van der Waals surface area (Å²) in [4.78, 5) is 10.7. The monoisotopic (exact) mass is 292 g/mol. The number of hydrogen-bond donors (Lipinski definition) is 1. The highest BCUT2D eigenvalue weighted by Crippen LogP contribution is 2.18. The Morgan fingerprint density at radius 1 is 1.17 bits per heavy atom. The Hall–Kier alpha value is -0.563. The van der Waals surface area contributed by atoms with Gasteiger partial charge in [-0.15, -0.1) is 0 Å². The fourth-order valence-corrected chi connectivity index (χ4v) is 3.56. The molecule has 0 aromatic heterocycles. The second kappa shape index (κ2) is 9.38. The molecule has 0 unspecified atom stereocenters. The number of carboxylic acids is 1. The first-order chi connectivity index (χ1) is 8.55. The van der Waals surface area contributed by atoms with E-state index in [9.17, 15) is 4.79 Å². The first-order valence-electron chi connectivity index (χ1n) is 5.68. The van der Waals surface area contributed by atoms with Gasteiger partial charge in [0, 0.05) is 27.4 Å². The quantitative estimate of drug-likeness (QED) is 0.288. The van der Waals surface area contributed by atoms with Gasteiger partial charge in [-0.05, 0) is 36.5 Å². The van der Waals surface area contributed by atoms with E-state index in [2.05, 4.69) is 17.2 Å². The van der Waals surface area contributed by atoms with E-state index in [4.69, 9.17) is 18.4 Å². The molecule has 0 spiro atoms. The van der Waals surface area contributed by atoms with Crippen molar-refractivity contribution >= 4 is 32.0 Å². The third kappa shape index (κ3) is 5.86. The minimum Gasteiger partial charge on any atom is -0.477 e. The van der Waals surface area contributed by atoms with Crippen molar-refractivity contribution < 1.29 is 23.2 Å². The lowest BCUT2D eigenvalue weighted by Gasteiger charge is -2.24. The summed E-state index contributed by atoms with van der Waals surface area (Å²) in [6.45, 7) is 0. The molecule has 0 aliphatic carbocycles. The third-order valence-corrected chi connectivity index (χ3v) is 5.80. The molecule has 0 heterocycles. The summed E-state index contributed by atoms with van der Waals surface area (Å²) >= 11 is 4.52. The van der Waals surface area contributed by atoms with Gasteiger partial charge in [0.25, 0.3) is 0 Å². The number of carboxylic acid groups (broad SMARTS) is 1. The van der Waals surface area contributed by atoms with Gasteiger partial charge in [0.15, 0.2) is 0 Å². The number of rotatable bonds is 10. The third-order valence-electron chi connectivity index (χ3n) is 2.72. The summed E-state index contributed by atoms with van der Waals surface area (Å²) in [5, 5.41) is 11.0. The highest BCUT2D eigenvalue weighted by molar-refractivity contribution is 7.78. The van der Waals surface area contributed by atoms with Crippen LogP contribution in [-0.4, -0.2) is 46.2 Å². The molecule has 18 heavy (non-hydrogen) atoms. The van der Waals surface area contributed by atoms with Gasteiger partial charge in [0.1, 0.15) is 0 Å². The fraction of sp³-hybridized carbons (Fsp3) is 0.727. The lowest BCUT2D eigenvalue weighted by atomic mass is 10.1. The van der Waals surface area contributed by atoms with Crippen molar-refractivity contribution in [1.82, 2.24) is 0 Å². The first-order valence-corrected chi connectivity index (χ1v) is 8.02. The van der Waals surface area contributed by atoms with Crippen LogP contribution in [0.2, 0.25) is 6.04 Å². The second-order valence-electron chi connectivity index (χ2n) is 3.74. The van der Waals surface area contributed by atoms with E-state index < -0.39 is 14.8 Å². The maximum absolute atomic E-state index is 10.7. The molecule has 0 aliphatic heterocycles. The van der Waals surface area contributed by atoms with Crippen LogP contribution in [0.3, 0.4) is 0 Å². The van der Waals surface area contributed by atoms with Gasteiger partial charge >= 0.3 is 14.8 Å². The lowest BCUT2D eigenvalue weighted by Crippen LogP contribution is -2.42. The van der Waals surface area contributed by atoms with Crippen LogP contribution in [0.4, 0.5) is 0 Å². The molecule has 104 valence electrons. The van der Waals surface area contributed by atoms with Crippen molar-refractivity contribution in [2.45, 2.75) is 31.7 Å². The van der Waals surface area contributed by atoms with Gasteiger partial charge < -0.3 is 18.4 Å².